The number of fused-ring (bicyclic) bond motifs is 1. The predicted molar refractivity (Wildman–Crippen MR) is 129 cm³/mol. The second kappa shape index (κ2) is 12.2. The molecule has 2 heterocycles. The molecule has 0 aliphatic carbocycles. The van der Waals surface area contributed by atoms with Gasteiger partial charge in [-0.2, -0.15) is 0 Å². The number of hydrogen-bond donors (Lipinski definition) is 2. The van der Waals surface area contributed by atoms with Crippen LogP contribution in [0.15, 0.2) is 48.5 Å². The number of amides is 4. The molecule has 37 heavy (non-hydrogen) atoms. The normalized spacial score (nSPS) is 17.0. The van der Waals surface area contributed by atoms with Gasteiger partial charge >= 0.3 is 5.97 Å². The van der Waals surface area contributed by atoms with E-state index in [1.54, 1.807) is 12.1 Å². The molecule has 0 aromatic heterocycles. The first-order valence-electron chi connectivity index (χ1n) is 11.9. The molecule has 2 aliphatic heterocycles. The first kappa shape index (κ1) is 26.0. The van der Waals surface area contributed by atoms with Gasteiger partial charge in [0.1, 0.15) is 19.3 Å². The molecule has 2 aromatic carbocycles. The highest BCUT2D eigenvalue weighted by molar-refractivity contribution is 6.25. The molecule has 0 radical (unpaired) electrons. The number of rotatable bonds is 12. The Hall–Kier alpha value is -4.09. The van der Waals surface area contributed by atoms with Crippen LogP contribution in [0.2, 0.25) is 0 Å². The third kappa shape index (κ3) is 6.38. The Morgan fingerprint density at radius 2 is 1.73 bits per heavy atom. The molecule has 0 bridgehead atoms. The molecule has 0 spiro atoms. The standard InChI is InChI=1S/C26H27N3O8/c30-21-10-9-20(24(32)28-21)29-25(33)18-7-4-8-19(23(18)26(29)34)27-11-12-35-13-14-36-16-22(31)37-15-17-5-2-1-3-6-17/h1-8,20,27H,9-16H2,(H,28,30,32). The van der Waals surface area contributed by atoms with Gasteiger partial charge in [0.2, 0.25) is 11.8 Å². The number of esters is 1. The number of anilines is 1. The number of carbonyl (C=O) groups excluding carboxylic acids is 5. The van der Waals surface area contributed by atoms with Crippen LogP contribution in [0.3, 0.4) is 0 Å². The number of piperidine rings is 1. The minimum absolute atomic E-state index is 0.0604. The van der Waals surface area contributed by atoms with Gasteiger partial charge in [-0.1, -0.05) is 36.4 Å². The van der Waals surface area contributed by atoms with Crippen LogP contribution >= 0.6 is 0 Å². The van der Waals surface area contributed by atoms with Crippen molar-refractivity contribution < 1.29 is 38.2 Å². The number of carbonyl (C=O) groups is 5. The predicted octanol–water partition coefficient (Wildman–Crippen LogP) is 1.28. The minimum Gasteiger partial charge on any atom is -0.459 e. The fraction of sp³-hybridized carbons (Fsp3) is 0.346. The summed E-state index contributed by atoms with van der Waals surface area (Å²) in [6.07, 6.45) is 0.157. The van der Waals surface area contributed by atoms with Gasteiger partial charge in [-0.25, -0.2) is 4.79 Å². The van der Waals surface area contributed by atoms with Crippen molar-refractivity contribution in [3.63, 3.8) is 0 Å². The Labute approximate surface area is 213 Å². The number of ether oxygens (including phenoxy) is 3. The van der Waals surface area contributed by atoms with Gasteiger partial charge in [-0.15, -0.1) is 0 Å². The van der Waals surface area contributed by atoms with Gasteiger partial charge in [0.25, 0.3) is 11.8 Å². The molecule has 194 valence electrons. The summed E-state index contributed by atoms with van der Waals surface area (Å²) in [7, 11) is 0. The van der Waals surface area contributed by atoms with Crippen LogP contribution in [-0.2, 0) is 35.2 Å². The van der Waals surface area contributed by atoms with E-state index >= 15 is 0 Å². The Kier molecular flexibility index (Phi) is 8.60. The smallest absolute Gasteiger partial charge is 0.332 e. The highest BCUT2D eigenvalue weighted by Gasteiger charge is 2.45. The monoisotopic (exact) mass is 509 g/mol. The molecule has 1 unspecified atom stereocenters. The maximum atomic E-state index is 13.1. The van der Waals surface area contributed by atoms with Crippen LogP contribution in [0, 0.1) is 0 Å². The second-order valence-corrected chi connectivity index (χ2v) is 8.41. The van der Waals surface area contributed by atoms with Crippen molar-refractivity contribution in [2.75, 3.05) is 38.3 Å². The summed E-state index contributed by atoms with van der Waals surface area (Å²) >= 11 is 0. The molecule has 2 aliphatic rings. The van der Waals surface area contributed by atoms with Crippen LogP contribution < -0.4 is 10.6 Å². The molecule has 11 heteroatoms. The van der Waals surface area contributed by atoms with E-state index in [1.807, 2.05) is 30.3 Å². The van der Waals surface area contributed by atoms with Crippen LogP contribution in [0.4, 0.5) is 5.69 Å². The molecule has 11 nitrogen and oxygen atoms in total. The molecule has 4 rings (SSSR count). The number of hydrogen-bond acceptors (Lipinski definition) is 9. The van der Waals surface area contributed by atoms with Crippen molar-refractivity contribution >= 4 is 35.3 Å². The summed E-state index contributed by atoms with van der Waals surface area (Å²) in [4.78, 5) is 62.2. The number of nitrogens with one attached hydrogen (secondary N) is 2. The topological polar surface area (TPSA) is 140 Å². The SMILES string of the molecule is O=C1CCC(N2C(=O)c3cccc(NCCOCCOCC(=O)OCc4ccccc4)c3C2=O)C(=O)N1. The lowest BCUT2D eigenvalue weighted by atomic mass is 10.0. The van der Waals surface area contributed by atoms with Crippen molar-refractivity contribution in [2.45, 2.75) is 25.5 Å². The lowest BCUT2D eigenvalue weighted by Gasteiger charge is -2.27. The van der Waals surface area contributed by atoms with Gasteiger partial charge in [0.15, 0.2) is 0 Å². The average molecular weight is 510 g/mol. The van der Waals surface area contributed by atoms with Gasteiger partial charge in [0.05, 0.1) is 30.9 Å². The minimum atomic E-state index is -1.02. The van der Waals surface area contributed by atoms with Crippen LogP contribution in [0.5, 0.6) is 0 Å². The van der Waals surface area contributed by atoms with Crippen LogP contribution in [-0.4, -0.2) is 73.5 Å². The van der Waals surface area contributed by atoms with E-state index in [1.165, 1.54) is 6.07 Å². The lowest BCUT2D eigenvalue weighted by molar-refractivity contribution is -0.150. The maximum absolute atomic E-state index is 13.1. The van der Waals surface area contributed by atoms with Crippen molar-refractivity contribution in [2.24, 2.45) is 0 Å². The Bertz CT molecular complexity index is 1180. The third-order valence-corrected chi connectivity index (χ3v) is 5.86. The van der Waals surface area contributed by atoms with Gasteiger partial charge in [0, 0.05) is 18.7 Å². The van der Waals surface area contributed by atoms with Gasteiger partial charge in [-0.3, -0.25) is 29.4 Å². The van der Waals surface area contributed by atoms with Crippen LogP contribution in [0.25, 0.3) is 0 Å². The summed E-state index contributed by atoms with van der Waals surface area (Å²) < 4.78 is 15.9. The van der Waals surface area contributed by atoms with Gasteiger partial charge < -0.3 is 19.5 Å². The summed E-state index contributed by atoms with van der Waals surface area (Å²) in [6.45, 7) is 1.09. The van der Waals surface area contributed by atoms with E-state index in [4.69, 9.17) is 14.2 Å². The zero-order valence-electron chi connectivity index (χ0n) is 20.1. The molecule has 2 N–H and O–H groups in total. The zero-order chi connectivity index (χ0) is 26.2. The lowest BCUT2D eigenvalue weighted by Crippen LogP contribution is -2.54. The third-order valence-electron chi connectivity index (χ3n) is 5.86. The molecular weight excluding hydrogens is 482 g/mol. The molecule has 1 saturated heterocycles. The molecule has 0 saturated carbocycles. The fourth-order valence-corrected chi connectivity index (χ4v) is 4.08. The quantitative estimate of drug-likeness (QED) is 0.246. The molecule has 1 atom stereocenters. The first-order chi connectivity index (χ1) is 18.0. The van der Waals surface area contributed by atoms with E-state index in [-0.39, 0.29) is 57.0 Å². The number of nitrogens with zero attached hydrogens (tertiary/aromatic N) is 1. The summed E-state index contributed by atoms with van der Waals surface area (Å²) in [6, 6.07) is 13.2. The van der Waals surface area contributed by atoms with Crippen LogP contribution in [0.1, 0.15) is 39.1 Å². The summed E-state index contributed by atoms with van der Waals surface area (Å²) in [5.41, 5.74) is 1.74. The summed E-state index contributed by atoms with van der Waals surface area (Å²) in [5, 5.41) is 5.26. The molecule has 4 amide bonds. The maximum Gasteiger partial charge on any atom is 0.332 e. The second-order valence-electron chi connectivity index (χ2n) is 8.41. The van der Waals surface area contributed by atoms with E-state index in [9.17, 15) is 24.0 Å². The number of imide groups is 2. The van der Waals surface area contributed by atoms with E-state index in [0.717, 1.165) is 10.5 Å². The average Bonchev–Trinajstić information content (AvgIpc) is 3.15. The largest absolute Gasteiger partial charge is 0.459 e. The first-order valence-corrected chi connectivity index (χ1v) is 11.9. The highest BCUT2D eigenvalue weighted by atomic mass is 16.6. The van der Waals surface area contributed by atoms with Crippen molar-refractivity contribution in [1.82, 2.24) is 10.2 Å². The van der Waals surface area contributed by atoms with E-state index < -0.39 is 35.6 Å². The number of benzene rings is 2. The Morgan fingerprint density at radius 1 is 0.946 bits per heavy atom. The Morgan fingerprint density at radius 3 is 2.51 bits per heavy atom. The zero-order valence-corrected chi connectivity index (χ0v) is 20.1. The fourth-order valence-electron chi connectivity index (χ4n) is 4.08. The van der Waals surface area contributed by atoms with Crippen molar-refractivity contribution in [3.05, 3.63) is 65.2 Å². The van der Waals surface area contributed by atoms with Crippen molar-refractivity contribution in [3.8, 4) is 0 Å². The van der Waals surface area contributed by atoms with Crippen molar-refractivity contribution in [1.29, 1.82) is 0 Å². The Balaban J connectivity index is 1.17. The molecule has 1 fully saturated rings. The molecule has 2 aromatic rings. The van der Waals surface area contributed by atoms with E-state index in [0.29, 0.717) is 12.2 Å². The summed E-state index contributed by atoms with van der Waals surface area (Å²) in [5.74, 6) is -2.68. The molecular formula is C26H27N3O8. The highest BCUT2D eigenvalue weighted by Crippen LogP contribution is 2.32. The van der Waals surface area contributed by atoms with E-state index in [2.05, 4.69) is 10.6 Å². The van der Waals surface area contributed by atoms with Gasteiger partial charge in [-0.05, 0) is 24.1 Å².